The number of carbonyl (C=O) groups excluding carboxylic acids is 1. The van der Waals surface area contributed by atoms with Crippen LogP contribution in [0.3, 0.4) is 0 Å². The average molecular weight is 359 g/mol. The van der Waals surface area contributed by atoms with Crippen molar-refractivity contribution in [2.45, 2.75) is 31.6 Å². The average Bonchev–Trinajstić information content (AvgIpc) is 2.61. The maximum Gasteiger partial charge on any atom is 0.331 e. The molecule has 0 aliphatic heterocycles. The van der Waals surface area contributed by atoms with Gasteiger partial charge in [-0.25, -0.2) is 4.79 Å². The Labute approximate surface area is 151 Å². The van der Waals surface area contributed by atoms with Crippen LogP contribution >= 0.6 is 11.9 Å². The lowest BCUT2D eigenvalue weighted by Gasteiger charge is -2.19. The van der Waals surface area contributed by atoms with E-state index in [1.807, 2.05) is 32.0 Å². The Bertz CT molecular complexity index is 758. The Hall–Kier alpha value is -2.54. The van der Waals surface area contributed by atoms with Crippen molar-refractivity contribution in [2.75, 3.05) is 12.4 Å². The first kappa shape index (κ1) is 18.8. The summed E-state index contributed by atoms with van der Waals surface area (Å²) in [4.78, 5) is 23.6. The highest BCUT2D eigenvalue weighted by atomic mass is 32.2. The molecule has 2 aromatic rings. The molecule has 0 saturated heterocycles. The zero-order chi connectivity index (χ0) is 18.4. The van der Waals surface area contributed by atoms with Gasteiger partial charge in [-0.3, -0.25) is 14.4 Å². The molecule has 25 heavy (non-hydrogen) atoms. The number of benzene rings is 2. The van der Waals surface area contributed by atoms with Crippen molar-refractivity contribution in [3.05, 3.63) is 63.7 Å². The molecule has 2 aromatic carbocycles. The minimum Gasteiger partial charge on any atom is -0.307 e. The summed E-state index contributed by atoms with van der Waals surface area (Å²) in [6.07, 6.45) is 1.62. The minimum absolute atomic E-state index is 0.0182. The highest BCUT2D eigenvalue weighted by molar-refractivity contribution is 7.97. The lowest BCUT2D eigenvalue weighted by molar-refractivity contribution is -0.387. The Balaban J connectivity index is 2.18. The Morgan fingerprint density at radius 1 is 1.12 bits per heavy atom. The van der Waals surface area contributed by atoms with E-state index in [0.717, 1.165) is 41.6 Å². The van der Waals surface area contributed by atoms with Gasteiger partial charge in [-0.2, -0.15) is 0 Å². The highest BCUT2D eigenvalue weighted by Crippen LogP contribution is 2.31. The Morgan fingerprint density at radius 3 is 2.28 bits per heavy atom. The van der Waals surface area contributed by atoms with Crippen LogP contribution in [0.4, 0.5) is 16.2 Å². The predicted octanol–water partition coefficient (Wildman–Crippen LogP) is 4.89. The maximum absolute atomic E-state index is 12.6. The molecule has 0 radical (unpaired) electrons. The van der Waals surface area contributed by atoms with Crippen LogP contribution in [0.5, 0.6) is 0 Å². The minimum atomic E-state index is -0.449. The molecule has 0 bridgehead atoms. The van der Waals surface area contributed by atoms with Crippen LogP contribution < -0.4 is 5.32 Å². The zero-order valence-electron chi connectivity index (χ0n) is 14.5. The van der Waals surface area contributed by atoms with Gasteiger partial charge in [0.05, 0.1) is 4.92 Å². The van der Waals surface area contributed by atoms with Crippen molar-refractivity contribution in [1.29, 1.82) is 0 Å². The van der Waals surface area contributed by atoms with Crippen molar-refractivity contribution >= 4 is 29.4 Å². The molecule has 7 heteroatoms. The number of amides is 2. The molecule has 0 spiro atoms. The largest absolute Gasteiger partial charge is 0.331 e. The van der Waals surface area contributed by atoms with Gasteiger partial charge in [0.15, 0.2) is 0 Å². The van der Waals surface area contributed by atoms with Crippen molar-refractivity contribution < 1.29 is 9.72 Å². The van der Waals surface area contributed by atoms with Crippen LogP contribution in [-0.2, 0) is 12.8 Å². The van der Waals surface area contributed by atoms with Gasteiger partial charge in [-0.1, -0.05) is 44.2 Å². The van der Waals surface area contributed by atoms with Crippen LogP contribution in [0.1, 0.15) is 25.0 Å². The summed E-state index contributed by atoms with van der Waals surface area (Å²) in [5.74, 6) is 0. The third-order valence-electron chi connectivity index (χ3n) is 3.81. The van der Waals surface area contributed by atoms with Crippen LogP contribution in [0.15, 0.2) is 47.4 Å². The molecule has 0 unspecified atom stereocenters. The number of nitro groups is 1. The smallest absolute Gasteiger partial charge is 0.307 e. The van der Waals surface area contributed by atoms with Crippen LogP contribution in [-0.4, -0.2) is 22.3 Å². The molecule has 1 N–H and O–H groups in total. The van der Waals surface area contributed by atoms with Crippen molar-refractivity contribution in [3.8, 4) is 0 Å². The lowest BCUT2D eigenvalue weighted by atomic mass is 10.0. The van der Waals surface area contributed by atoms with E-state index >= 15 is 0 Å². The van der Waals surface area contributed by atoms with Gasteiger partial charge < -0.3 is 5.32 Å². The molecule has 0 aliphatic rings. The molecule has 0 saturated carbocycles. The van der Waals surface area contributed by atoms with E-state index in [1.54, 1.807) is 25.2 Å². The normalized spacial score (nSPS) is 10.4. The summed E-state index contributed by atoms with van der Waals surface area (Å²) >= 11 is 1.03. The van der Waals surface area contributed by atoms with Gasteiger partial charge in [0, 0.05) is 18.8 Å². The molecule has 6 nitrogen and oxygen atoms in total. The first-order valence-electron chi connectivity index (χ1n) is 8.04. The molecule has 0 atom stereocenters. The Morgan fingerprint density at radius 2 is 1.72 bits per heavy atom. The third-order valence-corrected chi connectivity index (χ3v) is 4.80. The number of aryl methyl sites for hydroxylation is 2. The first-order chi connectivity index (χ1) is 12.0. The second-order valence-electron chi connectivity index (χ2n) is 5.40. The van der Waals surface area contributed by atoms with E-state index in [0.29, 0.717) is 4.90 Å². The maximum atomic E-state index is 12.6. The van der Waals surface area contributed by atoms with E-state index in [1.165, 1.54) is 10.4 Å². The third kappa shape index (κ3) is 4.51. The van der Waals surface area contributed by atoms with Crippen molar-refractivity contribution in [1.82, 2.24) is 4.31 Å². The van der Waals surface area contributed by atoms with Crippen LogP contribution in [0.2, 0.25) is 0 Å². The van der Waals surface area contributed by atoms with Crippen molar-refractivity contribution in [3.63, 3.8) is 0 Å². The number of urea groups is 1. The fourth-order valence-electron chi connectivity index (χ4n) is 2.46. The molecule has 0 heterocycles. The predicted molar refractivity (Wildman–Crippen MR) is 101 cm³/mol. The second kappa shape index (κ2) is 8.53. The fourth-order valence-corrected chi connectivity index (χ4v) is 3.26. The molecular formula is C18H21N3O3S. The second-order valence-corrected chi connectivity index (χ2v) is 6.57. The van der Waals surface area contributed by atoms with Gasteiger partial charge in [0.25, 0.3) is 5.69 Å². The van der Waals surface area contributed by atoms with Crippen LogP contribution in [0.25, 0.3) is 0 Å². The summed E-state index contributed by atoms with van der Waals surface area (Å²) in [5, 5.41) is 14.1. The van der Waals surface area contributed by atoms with Crippen molar-refractivity contribution in [2.24, 2.45) is 0 Å². The van der Waals surface area contributed by atoms with E-state index in [4.69, 9.17) is 0 Å². The molecule has 0 aliphatic carbocycles. The Kier molecular flexibility index (Phi) is 6.41. The van der Waals surface area contributed by atoms with Gasteiger partial charge >= 0.3 is 6.03 Å². The van der Waals surface area contributed by atoms with Gasteiger partial charge in [-0.15, -0.1) is 0 Å². The zero-order valence-corrected chi connectivity index (χ0v) is 15.3. The summed E-state index contributed by atoms with van der Waals surface area (Å²) < 4.78 is 1.37. The molecule has 2 amide bonds. The standard InChI is InChI=1S/C18H21N3O3S/c1-4-13-9-8-10-14(5-2)17(13)19-18(22)20(3)25-16-12-7-6-11-15(16)21(23)24/h6-12H,4-5H2,1-3H3,(H,19,22). The highest BCUT2D eigenvalue weighted by Gasteiger charge is 2.19. The monoisotopic (exact) mass is 359 g/mol. The van der Waals surface area contributed by atoms with E-state index in [-0.39, 0.29) is 11.7 Å². The molecule has 0 aromatic heterocycles. The summed E-state index contributed by atoms with van der Waals surface area (Å²) in [6, 6.07) is 12.0. The number of nitrogens with zero attached hydrogens (tertiary/aromatic N) is 2. The van der Waals surface area contributed by atoms with Crippen LogP contribution in [0, 0.1) is 10.1 Å². The number of hydrogen-bond acceptors (Lipinski definition) is 4. The topological polar surface area (TPSA) is 75.5 Å². The number of anilines is 1. The molecule has 132 valence electrons. The van der Waals surface area contributed by atoms with Gasteiger partial charge in [-0.05, 0) is 42.0 Å². The summed E-state index contributed by atoms with van der Waals surface area (Å²) in [7, 11) is 1.59. The number of nitro benzene ring substituents is 1. The van der Waals surface area contributed by atoms with E-state index < -0.39 is 4.92 Å². The number of para-hydroxylation sites is 2. The molecular weight excluding hydrogens is 338 g/mol. The SMILES string of the molecule is CCc1cccc(CC)c1NC(=O)N(C)Sc1ccccc1[N+](=O)[O-]. The lowest BCUT2D eigenvalue weighted by Crippen LogP contribution is -2.26. The van der Waals surface area contributed by atoms with E-state index in [9.17, 15) is 14.9 Å². The number of nitrogens with one attached hydrogen (secondary N) is 1. The molecule has 0 fully saturated rings. The summed E-state index contributed by atoms with van der Waals surface area (Å²) in [5.41, 5.74) is 2.94. The number of hydrogen-bond donors (Lipinski definition) is 1. The number of carbonyl (C=O) groups is 1. The number of rotatable bonds is 6. The molecule has 2 rings (SSSR count). The summed E-state index contributed by atoms with van der Waals surface area (Å²) in [6.45, 7) is 4.08. The fraction of sp³-hybridized carbons (Fsp3) is 0.278. The first-order valence-corrected chi connectivity index (χ1v) is 8.82. The van der Waals surface area contributed by atoms with Gasteiger partial charge in [0.2, 0.25) is 0 Å². The quantitative estimate of drug-likeness (QED) is 0.452. The van der Waals surface area contributed by atoms with E-state index in [2.05, 4.69) is 5.32 Å². The van der Waals surface area contributed by atoms with Gasteiger partial charge in [0.1, 0.15) is 4.90 Å².